The van der Waals surface area contributed by atoms with E-state index < -0.39 is 5.82 Å². The Morgan fingerprint density at radius 2 is 1.70 bits per heavy atom. The van der Waals surface area contributed by atoms with Crippen LogP contribution in [0.25, 0.3) is 16.6 Å². The normalized spacial score (nSPS) is 10.8. The van der Waals surface area contributed by atoms with Crippen molar-refractivity contribution in [2.45, 2.75) is 6.92 Å². The van der Waals surface area contributed by atoms with Gasteiger partial charge in [-0.05, 0) is 37.3 Å². The lowest BCUT2D eigenvalue weighted by molar-refractivity contribution is 0.355. The van der Waals surface area contributed by atoms with Gasteiger partial charge in [0.2, 0.25) is 0 Å². The Labute approximate surface area is 172 Å². The summed E-state index contributed by atoms with van der Waals surface area (Å²) in [6.45, 7) is 1.71. The molecule has 0 aliphatic heterocycles. The lowest BCUT2D eigenvalue weighted by Gasteiger charge is -2.13. The van der Waals surface area contributed by atoms with E-state index >= 15 is 0 Å². The largest absolute Gasteiger partial charge is 0.493 e. The van der Waals surface area contributed by atoms with E-state index in [1.807, 2.05) is 0 Å². The summed E-state index contributed by atoms with van der Waals surface area (Å²) in [6, 6.07) is 12.9. The van der Waals surface area contributed by atoms with E-state index in [0.29, 0.717) is 39.4 Å². The first kappa shape index (κ1) is 19.4. The van der Waals surface area contributed by atoms with Crippen LogP contribution in [-0.4, -0.2) is 23.8 Å². The van der Waals surface area contributed by atoms with Gasteiger partial charge in [0.25, 0.3) is 5.56 Å². The summed E-state index contributed by atoms with van der Waals surface area (Å²) in [6.07, 6.45) is 3.17. The van der Waals surface area contributed by atoms with Crippen LogP contribution in [0.4, 0.5) is 4.39 Å². The average Bonchev–Trinajstić information content (AvgIpc) is 2.76. The smallest absolute Gasteiger partial charge is 0.257 e. The minimum absolute atomic E-state index is 0.0294. The number of benzene rings is 2. The molecule has 0 aliphatic carbocycles. The van der Waals surface area contributed by atoms with E-state index in [-0.39, 0.29) is 11.3 Å². The number of halogens is 1. The number of ether oxygens (including phenoxy) is 3. The van der Waals surface area contributed by atoms with Gasteiger partial charge in [0.05, 0.1) is 25.4 Å². The number of nitrogens with zero attached hydrogens (tertiary/aromatic N) is 2. The summed E-state index contributed by atoms with van der Waals surface area (Å²) in [5.41, 5.74) is 1.41. The third-order valence-corrected chi connectivity index (χ3v) is 4.76. The summed E-state index contributed by atoms with van der Waals surface area (Å²) in [5.74, 6) is 0.902. The first-order chi connectivity index (χ1) is 14.5. The van der Waals surface area contributed by atoms with Crippen LogP contribution in [-0.2, 0) is 0 Å². The Kier molecular flexibility index (Phi) is 5.10. The molecule has 0 saturated heterocycles. The maximum Gasteiger partial charge on any atom is 0.257 e. The predicted octanol–water partition coefficient (Wildman–Crippen LogP) is 4.64. The summed E-state index contributed by atoms with van der Waals surface area (Å²) >= 11 is 0. The van der Waals surface area contributed by atoms with Gasteiger partial charge in [0.1, 0.15) is 5.75 Å². The minimum Gasteiger partial charge on any atom is -0.493 e. The number of aryl methyl sites for hydroxylation is 1. The zero-order valence-corrected chi connectivity index (χ0v) is 16.7. The van der Waals surface area contributed by atoms with Crippen molar-refractivity contribution in [3.05, 3.63) is 82.7 Å². The first-order valence-electron chi connectivity index (χ1n) is 9.18. The molecule has 2 heterocycles. The van der Waals surface area contributed by atoms with Gasteiger partial charge in [-0.2, -0.15) is 0 Å². The van der Waals surface area contributed by atoms with Crippen LogP contribution >= 0.6 is 0 Å². The van der Waals surface area contributed by atoms with Crippen molar-refractivity contribution in [1.82, 2.24) is 9.55 Å². The zero-order valence-electron chi connectivity index (χ0n) is 16.7. The third kappa shape index (κ3) is 3.45. The van der Waals surface area contributed by atoms with Gasteiger partial charge in [0, 0.05) is 35.5 Å². The maximum absolute atomic E-state index is 14.8. The molecule has 0 bridgehead atoms. The highest BCUT2D eigenvalue weighted by Crippen LogP contribution is 2.37. The number of methoxy groups -OCH3 is 2. The van der Waals surface area contributed by atoms with E-state index in [1.54, 1.807) is 62.8 Å². The van der Waals surface area contributed by atoms with Crippen LogP contribution in [0.2, 0.25) is 0 Å². The van der Waals surface area contributed by atoms with Crippen molar-refractivity contribution in [2.24, 2.45) is 0 Å². The van der Waals surface area contributed by atoms with Crippen LogP contribution in [0.3, 0.4) is 0 Å². The standard InChI is InChI=1S/C23H19FN2O4/c1-14-5-4-10-26(23(14)27)15-6-7-20(17(24)11-15)30-19-8-9-25-18-13-22(29-3)21(28-2)12-16(18)19/h4-13H,1-3H3. The predicted molar refractivity (Wildman–Crippen MR) is 112 cm³/mol. The molecular formula is C23H19FN2O4. The molecule has 2 aromatic carbocycles. The first-order valence-corrected chi connectivity index (χ1v) is 9.18. The zero-order chi connectivity index (χ0) is 21.3. The lowest BCUT2D eigenvalue weighted by Crippen LogP contribution is -2.19. The molecule has 2 aromatic heterocycles. The highest BCUT2D eigenvalue weighted by atomic mass is 19.1. The summed E-state index contributed by atoms with van der Waals surface area (Å²) in [5, 5.41) is 0.647. The van der Waals surface area contributed by atoms with Crippen molar-refractivity contribution >= 4 is 10.9 Å². The summed E-state index contributed by atoms with van der Waals surface area (Å²) in [7, 11) is 3.08. The van der Waals surface area contributed by atoms with Gasteiger partial charge in [-0.1, -0.05) is 6.07 Å². The van der Waals surface area contributed by atoms with Gasteiger partial charge < -0.3 is 14.2 Å². The molecule has 0 radical (unpaired) electrons. The topological polar surface area (TPSA) is 62.6 Å². The summed E-state index contributed by atoms with van der Waals surface area (Å²) in [4.78, 5) is 16.6. The molecule has 0 atom stereocenters. The molecule has 6 nitrogen and oxygen atoms in total. The van der Waals surface area contributed by atoms with Gasteiger partial charge in [-0.25, -0.2) is 4.39 Å². The summed E-state index contributed by atoms with van der Waals surface area (Å²) < 4.78 is 32.7. The Bertz CT molecular complexity index is 1300. The molecule has 0 fully saturated rings. The molecule has 0 aliphatic rings. The molecule has 152 valence electrons. The highest BCUT2D eigenvalue weighted by molar-refractivity contribution is 5.88. The van der Waals surface area contributed by atoms with Gasteiger partial charge in [-0.15, -0.1) is 0 Å². The van der Waals surface area contributed by atoms with Crippen molar-refractivity contribution in [2.75, 3.05) is 14.2 Å². The maximum atomic E-state index is 14.8. The van der Waals surface area contributed by atoms with Crippen LogP contribution in [0.1, 0.15) is 5.56 Å². The fourth-order valence-electron chi connectivity index (χ4n) is 3.18. The Morgan fingerprint density at radius 1 is 0.933 bits per heavy atom. The number of hydrogen-bond donors (Lipinski definition) is 0. The van der Waals surface area contributed by atoms with E-state index in [0.717, 1.165) is 0 Å². The van der Waals surface area contributed by atoms with E-state index in [1.165, 1.54) is 23.8 Å². The highest BCUT2D eigenvalue weighted by Gasteiger charge is 2.14. The second-order valence-corrected chi connectivity index (χ2v) is 6.62. The van der Waals surface area contributed by atoms with Crippen molar-refractivity contribution in [3.63, 3.8) is 0 Å². The molecule has 0 unspecified atom stereocenters. The molecule has 0 saturated carbocycles. The fourth-order valence-corrected chi connectivity index (χ4v) is 3.18. The molecule has 4 rings (SSSR count). The van der Waals surface area contributed by atoms with Crippen LogP contribution in [0.15, 0.2) is 65.7 Å². The molecular weight excluding hydrogens is 387 g/mol. The van der Waals surface area contributed by atoms with Crippen LogP contribution in [0.5, 0.6) is 23.0 Å². The van der Waals surface area contributed by atoms with E-state index in [4.69, 9.17) is 14.2 Å². The molecule has 0 spiro atoms. The number of aromatic nitrogens is 2. The van der Waals surface area contributed by atoms with Crippen molar-refractivity contribution < 1.29 is 18.6 Å². The fraction of sp³-hybridized carbons (Fsp3) is 0.130. The second-order valence-electron chi connectivity index (χ2n) is 6.62. The molecule has 0 N–H and O–H groups in total. The number of fused-ring (bicyclic) bond motifs is 1. The number of pyridine rings is 2. The molecule has 4 aromatic rings. The van der Waals surface area contributed by atoms with Gasteiger partial charge in [-0.3, -0.25) is 14.3 Å². The van der Waals surface area contributed by atoms with Crippen molar-refractivity contribution in [1.29, 1.82) is 0 Å². The third-order valence-electron chi connectivity index (χ3n) is 4.76. The van der Waals surface area contributed by atoms with E-state index in [2.05, 4.69) is 4.98 Å². The van der Waals surface area contributed by atoms with E-state index in [9.17, 15) is 9.18 Å². The Hall–Kier alpha value is -3.87. The lowest BCUT2D eigenvalue weighted by atomic mass is 10.1. The van der Waals surface area contributed by atoms with Gasteiger partial charge >= 0.3 is 0 Å². The van der Waals surface area contributed by atoms with Crippen LogP contribution in [0, 0.1) is 12.7 Å². The quantitative estimate of drug-likeness (QED) is 0.483. The Morgan fingerprint density at radius 3 is 2.43 bits per heavy atom. The minimum atomic E-state index is -0.591. The monoisotopic (exact) mass is 406 g/mol. The number of rotatable bonds is 5. The van der Waals surface area contributed by atoms with Crippen molar-refractivity contribution in [3.8, 4) is 28.7 Å². The molecule has 0 amide bonds. The van der Waals surface area contributed by atoms with Gasteiger partial charge in [0.15, 0.2) is 23.1 Å². The molecule has 30 heavy (non-hydrogen) atoms. The SMILES string of the molecule is COc1cc2nccc(Oc3ccc(-n4cccc(C)c4=O)cc3F)c2cc1OC. The Balaban J connectivity index is 1.74. The van der Waals surface area contributed by atoms with Crippen LogP contribution < -0.4 is 19.8 Å². The second kappa shape index (κ2) is 7.87. The number of hydrogen-bond acceptors (Lipinski definition) is 5. The molecule has 7 heteroatoms. The average molecular weight is 406 g/mol.